The molecule has 4 heteroatoms. The number of aromatic nitrogens is 1. The Balaban J connectivity index is 2.12. The number of hydrogen-bond acceptors (Lipinski definition) is 4. The van der Waals surface area contributed by atoms with Crippen LogP contribution in [-0.2, 0) is 4.74 Å². The summed E-state index contributed by atoms with van der Waals surface area (Å²) in [6.45, 7) is 6.36. The van der Waals surface area contributed by atoms with Crippen LogP contribution in [0.15, 0.2) is 28.7 Å². The summed E-state index contributed by atoms with van der Waals surface area (Å²) in [4.78, 5) is 9.42. The minimum atomic E-state index is 0.0368. The highest BCUT2D eigenvalue weighted by Gasteiger charge is 2.25. The minimum absolute atomic E-state index is 0.0368. The van der Waals surface area contributed by atoms with Crippen molar-refractivity contribution >= 4 is 22.7 Å². The van der Waals surface area contributed by atoms with Crippen molar-refractivity contribution in [1.82, 2.24) is 4.98 Å². The molecule has 116 valence electrons. The predicted octanol–water partition coefficient (Wildman–Crippen LogP) is 5.33. The van der Waals surface area contributed by atoms with Gasteiger partial charge in [-0.05, 0) is 45.1 Å². The molecule has 1 saturated carbocycles. The lowest BCUT2D eigenvalue weighted by Crippen LogP contribution is -2.01. The van der Waals surface area contributed by atoms with Crippen molar-refractivity contribution in [3.63, 3.8) is 0 Å². The average molecular weight is 314 g/mol. The van der Waals surface area contributed by atoms with Crippen molar-refractivity contribution in [3.8, 4) is 10.6 Å². The highest BCUT2D eigenvalue weighted by atomic mass is 32.1. The van der Waals surface area contributed by atoms with Crippen LogP contribution in [0.1, 0.15) is 43.9 Å². The van der Waals surface area contributed by atoms with Gasteiger partial charge < -0.3 is 4.74 Å². The largest absolute Gasteiger partial charge is 0.377 e. The molecule has 1 fully saturated rings. The van der Waals surface area contributed by atoms with Gasteiger partial charge in [0.05, 0.1) is 11.8 Å². The molecular weight excluding hydrogens is 292 g/mol. The van der Waals surface area contributed by atoms with E-state index in [1.54, 1.807) is 18.4 Å². The molecule has 1 atom stereocenters. The van der Waals surface area contributed by atoms with Gasteiger partial charge in [0.2, 0.25) is 0 Å². The normalized spacial score (nSPS) is 16.8. The first-order valence-electron chi connectivity index (χ1n) is 7.73. The van der Waals surface area contributed by atoms with Gasteiger partial charge in [-0.1, -0.05) is 12.1 Å². The first kappa shape index (κ1) is 15.4. The van der Waals surface area contributed by atoms with Crippen molar-refractivity contribution in [2.24, 2.45) is 10.9 Å². The highest BCUT2D eigenvalue weighted by molar-refractivity contribution is 7.13. The van der Waals surface area contributed by atoms with E-state index in [0.29, 0.717) is 5.92 Å². The molecule has 0 spiro atoms. The first-order valence-corrected chi connectivity index (χ1v) is 8.61. The molecule has 0 saturated heterocycles. The summed E-state index contributed by atoms with van der Waals surface area (Å²) in [5.74, 6) is 0.675. The number of hydrogen-bond donors (Lipinski definition) is 0. The van der Waals surface area contributed by atoms with E-state index in [-0.39, 0.29) is 6.10 Å². The Morgan fingerprint density at radius 2 is 2.18 bits per heavy atom. The fraction of sp³-hybridized carbons (Fsp3) is 0.444. The van der Waals surface area contributed by atoms with E-state index in [4.69, 9.17) is 9.73 Å². The molecule has 1 unspecified atom stereocenters. The lowest BCUT2D eigenvalue weighted by molar-refractivity contribution is 0.120. The number of ether oxygens (including phenoxy) is 1. The molecule has 1 aromatic heterocycles. The molecule has 1 aliphatic carbocycles. The van der Waals surface area contributed by atoms with Crippen LogP contribution >= 0.6 is 11.3 Å². The third-order valence-electron chi connectivity index (χ3n) is 4.37. The maximum atomic E-state index is 5.54. The van der Waals surface area contributed by atoms with Gasteiger partial charge in [-0.3, -0.25) is 4.99 Å². The van der Waals surface area contributed by atoms with Gasteiger partial charge in [-0.25, -0.2) is 4.98 Å². The maximum Gasteiger partial charge on any atom is 0.123 e. The zero-order valence-corrected chi connectivity index (χ0v) is 14.4. The molecule has 2 aromatic rings. The molecule has 1 heterocycles. The molecule has 0 bridgehead atoms. The summed E-state index contributed by atoms with van der Waals surface area (Å²) in [6, 6.07) is 4.28. The van der Waals surface area contributed by atoms with E-state index in [2.05, 4.69) is 37.9 Å². The Labute approximate surface area is 136 Å². The number of thiazole rings is 1. The van der Waals surface area contributed by atoms with Crippen LogP contribution in [-0.4, -0.2) is 17.8 Å². The van der Waals surface area contributed by atoms with E-state index in [0.717, 1.165) is 16.3 Å². The molecule has 0 radical (unpaired) electrons. The summed E-state index contributed by atoms with van der Waals surface area (Å²) in [5.41, 5.74) is 5.82. The number of methoxy groups -OCH3 is 1. The van der Waals surface area contributed by atoms with Gasteiger partial charge in [0.25, 0.3) is 0 Å². The Kier molecular flexibility index (Phi) is 4.41. The van der Waals surface area contributed by atoms with Crippen LogP contribution < -0.4 is 0 Å². The highest BCUT2D eigenvalue weighted by Crippen LogP contribution is 2.39. The van der Waals surface area contributed by atoms with Crippen molar-refractivity contribution in [1.29, 1.82) is 0 Å². The average Bonchev–Trinajstić information content (AvgIpc) is 3.24. The predicted molar refractivity (Wildman–Crippen MR) is 93.2 cm³/mol. The second-order valence-corrected chi connectivity index (χ2v) is 6.81. The Morgan fingerprint density at radius 3 is 2.77 bits per heavy atom. The lowest BCUT2D eigenvalue weighted by atomic mass is 9.99. The van der Waals surface area contributed by atoms with E-state index in [1.807, 2.05) is 11.6 Å². The van der Waals surface area contributed by atoms with Gasteiger partial charge in [-0.2, -0.15) is 0 Å². The molecule has 1 aliphatic rings. The third kappa shape index (κ3) is 2.99. The van der Waals surface area contributed by atoms with Crippen molar-refractivity contribution in [2.75, 3.05) is 7.11 Å². The molecule has 0 aliphatic heterocycles. The summed E-state index contributed by atoms with van der Waals surface area (Å²) < 4.78 is 5.54. The summed E-state index contributed by atoms with van der Waals surface area (Å²) in [5, 5.41) is 3.06. The van der Waals surface area contributed by atoms with E-state index in [9.17, 15) is 0 Å². The smallest absolute Gasteiger partial charge is 0.123 e. The van der Waals surface area contributed by atoms with Crippen LogP contribution in [0.5, 0.6) is 0 Å². The van der Waals surface area contributed by atoms with Gasteiger partial charge in [0.15, 0.2) is 0 Å². The second-order valence-electron chi connectivity index (χ2n) is 5.92. The van der Waals surface area contributed by atoms with Crippen LogP contribution in [0.4, 0.5) is 5.69 Å². The molecule has 3 nitrogen and oxygen atoms in total. The van der Waals surface area contributed by atoms with E-state index < -0.39 is 0 Å². The lowest BCUT2D eigenvalue weighted by Gasteiger charge is -2.17. The standard InChI is InChI=1S/C18H22N2OS/c1-11-15(18-19-9-10-22-18)7-8-16(13(3)21-4)17(11)20-12(2)14-5-6-14/h7-10,13-14H,5-6H2,1-4H3/b20-12-. The topological polar surface area (TPSA) is 34.5 Å². The molecule has 22 heavy (non-hydrogen) atoms. The molecule has 3 rings (SSSR count). The summed E-state index contributed by atoms with van der Waals surface area (Å²) >= 11 is 1.67. The molecule has 1 aromatic carbocycles. The monoisotopic (exact) mass is 314 g/mol. The SMILES string of the molecule is COC(C)c1ccc(-c2nccs2)c(C)c1/N=C(/C)C1CC1. The van der Waals surface area contributed by atoms with Crippen LogP contribution in [0, 0.1) is 12.8 Å². The van der Waals surface area contributed by atoms with Crippen LogP contribution in [0.2, 0.25) is 0 Å². The zero-order valence-electron chi connectivity index (χ0n) is 13.6. The van der Waals surface area contributed by atoms with Gasteiger partial charge in [0, 0.05) is 35.5 Å². The number of benzene rings is 1. The van der Waals surface area contributed by atoms with Crippen LogP contribution in [0.25, 0.3) is 10.6 Å². The fourth-order valence-electron chi connectivity index (χ4n) is 2.68. The zero-order chi connectivity index (χ0) is 15.7. The summed E-state index contributed by atoms with van der Waals surface area (Å²) in [7, 11) is 1.75. The minimum Gasteiger partial charge on any atom is -0.377 e. The third-order valence-corrected chi connectivity index (χ3v) is 5.18. The Morgan fingerprint density at radius 1 is 1.41 bits per heavy atom. The van der Waals surface area contributed by atoms with Crippen molar-refractivity contribution < 1.29 is 4.74 Å². The van der Waals surface area contributed by atoms with E-state index in [1.165, 1.54) is 29.7 Å². The van der Waals surface area contributed by atoms with Gasteiger partial charge in [-0.15, -0.1) is 11.3 Å². The van der Waals surface area contributed by atoms with E-state index >= 15 is 0 Å². The van der Waals surface area contributed by atoms with Crippen LogP contribution in [0.3, 0.4) is 0 Å². The first-order chi connectivity index (χ1) is 10.6. The molecule has 0 amide bonds. The Hall–Kier alpha value is -1.52. The fourth-order valence-corrected chi connectivity index (χ4v) is 3.40. The summed E-state index contributed by atoms with van der Waals surface area (Å²) in [6.07, 6.45) is 4.43. The number of nitrogens with zero attached hydrogens (tertiary/aromatic N) is 2. The number of aliphatic imine (C=N–C) groups is 1. The number of rotatable bonds is 5. The molecular formula is C18H22N2OS. The van der Waals surface area contributed by atoms with Gasteiger partial charge in [0.1, 0.15) is 5.01 Å². The maximum absolute atomic E-state index is 5.54. The quantitative estimate of drug-likeness (QED) is 0.699. The second kappa shape index (κ2) is 6.31. The van der Waals surface area contributed by atoms with Crippen molar-refractivity contribution in [3.05, 3.63) is 34.8 Å². The van der Waals surface area contributed by atoms with Gasteiger partial charge >= 0.3 is 0 Å². The van der Waals surface area contributed by atoms with Crippen molar-refractivity contribution in [2.45, 2.75) is 39.7 Å². The molecule has 0 N–H and O–H groups in total. The Bertz CT molecular complexity index is 687.